The molecule has 0 atom stereocenters. The zero-order valence-electron chi connectivity index (χ0n) is 20.3. The fourth-order valence-electron chi connectivity index (χ4n) is 4.48. The molecule has 174 valence electrons. The number of rotatable bonds is 16. The van der Waals surface area contributed by atoms with E-state index in [-0.39, 0.29) is 0 Å². The SMILES string of the molecule is CCCCCCCCOc1c(OCCCCCCCC)c2ccccc2c2ccccc12. The van der Waals surface area contributed by atoms with Gasteiger partial charge in [0.2, 0.25) is 0 Å². The van der Waals surface area contributed by atoms with Gasteiger partial charge in [-0.05, 0) is 23.6 Å². The normalized spacial score (nSPS) is 11.3. The minimum Gasteiger partial charge on any atom is -0.489 e. The minimum atomic E-state index is 0.752. The number of fused-ring (bicyclic) bond motifs is 3. The molecule has 0 spiro atoms. The van der Waals surface area contributed by atoms with E-state index < -0.39 is 0 Å². The first-order valence-electron chi connectivity index (χ1n) is 13.1. The second-order valence-electron chi connectivity index (χ2n) is 8.98. The molecule has 32 heavy (non-hydrogen) atoms. The summed E-state index contributed by atoms with van der Waals surface area (Å²) in [5.74, 6) is 1.86. The fraction of sp³-hybridized carbons (Fsp3) is 0.533. The first kappa shape index (κ1) is 24.4. The van der Waals surface area contributed by atoms with E-state index in [9.17, 15) is 0 Å². The van der Waals surface area contributed by atoms with E-state index in [4.69, 9.17) is 9.47 Å². The van der Waals surface area contributed by atoms with Crippen LogP contribution in [0.1, 0.15) is 90.9 Å². The van der Waals surface area contributed by atoms with E-state index in [2.05, 4.69) is 62.4 Å². The van der Waals surface area contributed by atoms with Gasteiger partial charge < -0.3 is 9.47 Å². The summed E-state index contributed by atoms with van der Waals surface area (Å²) in [4.78, 5) is 0. The molecule has 0 radical (unpaired) electrons. The quantitative estimate of drug-likeness (QED) is 0.165. The average molecular weight is 435 g/mol. The van der Waals surface area contributed by atoms with Crippen molar-refractivity contribution < 1.29 is 9.47 Å². The molecule has 0 aliphatic heterocycles. The van der Waals surface area contributed by atoms with Gasteiger partial charge in [0.15, 0.2) is 11.5 Å². The van der Waals surface area contributed by atoms with Gasteiger partial charge in [-0.3, -0.25) is 0 Å². The fourth-order valence-corrected chi connectivity index (χ4v) is 4.48. The van der Waals surface area contributed by atoms with E-state index in [1.807, 2.05) is 0 Å². The Balaban J connectivity index is 1.75. The highest BCUT2D eigenvalue weighted by molar-refractivity contribution is 6.13. The van der Waals surface area contributed by atoms with Gasteiger partial charge in [-0.2, -0.15) is 0 Å². The van der Waals surface area contributed by atoms with Crippen molar-refractivity contribution in [3.63, 3.8) is 0 Å². The topological polar surface area (TPSA) is 18.5 Å². The third-order valence-electron chi connectivity index (χ3n) is 6.33. The molecule has 0 bridgehead atoms. The van der Waals surface area contributed by atoms with E-state index in [0.717, 1.165) is 48.3 Å². The Hall–Kier alpha value is -2.22. The van der Waals surface area contributed by atoms with Crippen molar-refractivity contribution in [2.24, 2.45) is 0 Å². The highest BCUT2D eigenvalue weighted by Crippen LogP contribution is 2.43. The molecule has 0 saturated heterocycles. The predicted octanol–water partition coefficient (Wildman–Crippen LogP) is 9.47. The summed E-state index contributed by atoms with van der Waals surface area (Å²) in [6.45, 7) is 6.03. The summed E-state index contributed by atoms with van der Waals surface area (Å²) in [5.41, 5.74) is 0. The Morgan fingerprint density at radius 1 is 0.438 bits per heavy atom. The van der Waals surface area contributed by atoms with Gasteiger partial charge in [-0.25, -0.2) is 0 Å². The van der Waals surface area contributed by atoms with Crippen LogP contribution >= 0.6 is 0 Å². The number of unbranched alkanes of at least 4 members (excludes halogenated alkanes) is 10. The van der Waals surface area contributed by atoms with Crippen LogP contribution in [0.15, 0.2) is 48.5 Å². The molecule has 0 amide bonds. The zero-order chi connectivity index (χ0) is 22.4. The van der Waals surface area contributed by atoms with Crippen molar-refractivity contribution in [2.75, 3.05) is 13.2 Å². The Bertz CT molecular complexity index is 854. The van der Waals surface area contributed by atoms with Gasteiger partial charge in [-0.15, -0.1) is 0 Å². The summed E-state index contributed by atoms with van der Waals surface area (Å²) in [5, 5.41) is 4.81. The van der Waals surface area contributed by atoms with Crippen molar-refractivity contribution in [3.8, 4) is 11.5 Å². The van der Waals surface area contributed by atoms with E-state index in [1.54, 1.807) is 0 Å². The first-order valence-corrected chi connectivity index (χ1v) is 13.1. The van der Waals surface area contributed by atoms with Crippen LogP contribution in [-0.2, 0) is 0 Å². The van der Waals surface area contributed by atoms with Crippen LogP contribution in [-0.4, -0.2) is 13.2 Å². The molecule has 0 aliphatic carbocycles. The second-order valence-corrected chi connectivity index (χ2v) is 8.98. The Labute approximate surface area is 195 Å². The molecule has 0 N–H and O–H groups in total. The van der Waals surface area contributed by atoms with Crippen LogP contribution in [0.25, 0.3) is 21.5 Å². The molecule has 3 rings (SSSR count). The number of ether oxygens (including phenoxy) is 2. The Morgan fingerprint density at radius 3 is 1.19 bits per heavy atom. The Morgan fingerprint density at radius 2 is 0.781 bits per heavy atom. The maximum atomic E-state index is 6.45. The lowest BCUT2D eigenvalue weighted by molar-refractivity contribution is 0.263. The smallest absolute Gasteiger partial charge is 0.169 e. The highest BCUT2D eigenvalue weighted by atomic mass is 16.5. The van der Waals surface area contributed by atoms with Crippen molar-refractivity contribution in [2.45, 2.75) is 90.9 Å². The summed E-state index contributed by atoms with van der Waals surface area (Å²) in [7, 11) is 0. The first-order chi connectivity index (χ1) is 15.9. The number of hydrogen-bond acceptors (Lipinski definition) is 2. The molecule has 0 heterocycles. The van der Waals surface area contributed by atoms with E-state index in [0.29, 0.717) is 0 Å². The molecule has 0 aliphatic rings. The van der Waals surface area contributed by atoms with Gasteiger partial charge in [0.05, 0.1) is 13.2 Å². The summed E-state index contributed by atoms with van der Waals surface area (Å²) < 4.78 is 12.9. The van der Waals surface area contributed by atoms with Gasteiger partial charge in [-0.1, -0.05) is 127 Å². The van der Waals surface area contributed by atoms with E-state index >= 15 is 0 Å². The third-order valence-corrected chi connectivity index (χ3v) is 6.33. The molecule has 2 heteroatoms. The van der Waals surface area contributed by atoms with Gasteiger partial charge in [0.1, 0.15) is 0 Å². The van der Waals surface area contributed by atoms with Crippen LogP contribution in [0.2, 0.25) is 0 Å². The lowest BCUT2D eigenvalue weighted by Crippen LogP contribution is -2.04. The van der Waals surface area contributed by atoms with Crippen molar-refractivity contribution in [1.29, 1.82) is 0 Å². The van der Waals surface area contributed by atoms with Gasteiger partial charge in [0, 0.05) is 10.8 Å². The van der Waals surface area contributed by atoms with Crippen molar-refractivity contribution >= 4 is 21.5 Å². The molecular weight excluding hydrogens is 392 g/mol. The minimum absolute atomic E-state index is 0.752. The van der Waals surface area contributed by atoms with Crippen LogP contribution in [0.5, 0.6) is 11.5 Å². The summed E-state index contributed by atoms with van der Waals surface area (Å²) in [6, 6.07) is 17.2. The maximum absolute atomic E-state index is 6.45. The lowest BCUT2D eigenvalue weighted by Gasteiger charge is -2.18. The molecule has 3 aromatic rings. The molecule has 0 aromatic heterocycles. The predicted molar refractivity (Wildman–Crippen MR) is 139 cm³/mol. The van der Waals surface area contributed by atoms with Gasteiger partial charge in [0.25, 0.3) is 0 Å². The van der Waals surface area contributed by atoms with Crippen LogP contribution in [0, 0.1) is 0 Å². The Kier molecular flexibility index (Phi) is 10.7. The second kappa shape index (κ2) is 14.0. The monoisotopic (exact) mass is 434 g/mol. The molecule has 3 aromatic carbocycles. The van der Waals surface area contributed by atoms with Crippen LogP contribution in [0.3, 0.4) is 0 Å². The van der Waals surface area contributed by atoms with Crippen LogP contribution in [0.4, 0.5) is 0 Å². The molecule has 2 nitrogen and oxygen atoms in total. The molecular formula is C30H42O2. The zero-order valence-corrected chi connectivity index (χ0v) is 20.3. The standard InChI is InChI=1S/C30H42O2/c1-3-5-7-9-11-17-23-31-29-27-21-15-13-19-25(27)26-20-14-16-22-28(26)30(29)32-24-18-12-10-8-6-4-2/h13-16,19-22H,3-12,17-18,23-24H2,1-2H3. The average Bonchev–Trinajstić information content (AvgIpc) is 2.83. The number of benzene rings is 3. The third kappa shape index (κ3) is 6.89. The largest absolute Gasteiger partial charge is 0.489 e. The highest BCUT2D eigenvalue weighted by Gasteiger charge is 2.16. The van der Waals surface area contributed by atoms with Crippen molar-refractivity contribution in [3.05, 3.63) is 48.5 Å². The van der Waals surface area contributed by atoms with Crippen LogP contribution < -0.4 is 9.47 Å². The summed E-state index contributed by atoms with van der Waals surface area (Å²) >= 11 is 0. The maximum Gasteiger partial charge on any atom is 0.169 e. The molecule has 0 saturated carbocycles. The molecule has 0 unspecified atom stereocenters. The van der Waals surface area contributed by atoms with Crippen molar-refractivity contribution in [1.82, 2.24) is 0 Å². The molecule has 0 fully saturated rings. The van der Waals surface area contributed by atoms with Gasteiger partial charge >= 0.3 is 0 Å². The van der Waals surface area contributed by atoms with E-state index in [1.165, 1.54) is 75.0 Å². The summed E-state index contributed by atoms with van der Waals surface area (Å²) in [6.07, 6.45) is 15.2. The lowest BCUT2D eigenvalue weighted by atomic mass is 10.00. The number of hydrogen-bond donors (Lipinski definition) is 0.